The van der Waals surface area contributed by atoms with Crippen LogP contribution in [0.25, 0.3) is 0 Å². The van der Waals surface area contributed by atoms with Gasteiger partial charge < -0.3 is 25.8 Å². The molecule has 0 radical (unpaired) electrons. The molecular formula is C30H36N8O2. The predicted molar refractivity (Wildman–Crippen MR) is 155 cm³/mol. The highest BCUT2D eigenvalue weighted by Crippen LogP contribution is 2.29. The Bertz CT molecular complexity index is 1340. The summed E-state index contributed by atoms with van der Waals surface area (Å²) in [5.41, 5.74) is 2.12. The molecule has 2 fully saturated rings. The molecule has 1 aromatic carbocycles. The van der Waals surface area contributed by atoms with Gasteiger partial charge in [-0.05, 0) is 71.0 Å². The quantitative estimate of drug-likeness (QED) is 0.310. The number of benzene rings is 1. The summed E-state index contributed by atoms with van der Waals surface area (Å²) < 4.78 is 0. The van der Waals surface area contributed by atoms with Gasteiger partial charge in [-0.15, -0.1) is 0 Å². The minimum atomic E-state index is -0.564. The summed E-state index contributed by atoms with van der Waals surface area (Å²) in [5, 5.41) is 18.6. The Kier molecular flexibility index (Phi) is 9.36. The fraction of sp³-hybridized carbons (Fsp3) is 0.433. The lowest BCUT2D eigenvalue weighted by Crippen LogP contribution is -2.51. The number of rotatable bonds is 10. The van der Waals surface area contributed by atoms with E-state index in [1.807, 2.05) is 31.1 Å². The van der Waals surface area contributed by atoms with Crippen molar-refractivity contribution in [2.45, 2.75) is 50.7 Å². The van der Waals surface area contributed by atoms with Gasteiger partial charge in [0.1, 0.15) is 11.9 Å². The lowest BCUT2D eigenvalue weighted by molar-refractivity contribution is -0.135. The molecule has 40 heavy (non-hydrogen) atoms. The van der Waals surface area contributed by atoms with E-state index in [2.05, 4.69) is 43.8 Å². The monoisotopic (exact) mass is 540 g/mol. The molecule has 2 aromatic rings. The second kappa shape index (κ2) is 13.1. The first-order valence-corrected chi connectivity index (χ1v) is 13.5. The Morgan fingerprint density at radius 3 is 2.52 bits per heavy atom. The first-order chi connectivity index (χ1) is 19.2. The number of carbonyl (C=O) groups is 2. The Hall–Kier alpha value is -4.41. The molecule has 2 amide bonds. The normalized spacial score (nSPS) is 18.6. The van der Waals surface area contributed by atoms with Gasteiger partial charge in [0.05, 0.1) is 23.4 Å². The van der Waals surface area contributed by atoms with Crippen LogP contribution in [-0.4, -0.2) is 77.4 Å². The standard InChI is InChI=1S/C30H36N8O2/c1-20(38(4)27(39)6-5-15-37(2)3)29(40)34-26-16-22(17-26)7-10-23-19-32-30(36-28(23)33-24-13-14-24)35-25-11-8-21(18-31)9-12-25/h5-6,8-9,11-12,19-20,22,24,26H,13-17H2,1-4H3,(H,34,40)(H2,32,33,35,36)/b6-5+/t20-,22?,26?/m0/s1. The van der Waals surface area contributed by atoms with Gasteiger partial charge in [0.15, 0.2) is 0 Å². The van der Waals surface area contributed by atoms with Crippen LogP contribution in [0.5, 0.6) is 0 Å². The van der Waals surface area contributed by atoms with Gasteiger partial charge >= 0.3 is 0 Å². The molecule has 2 aliphatic rings. The Balaban J connectivity index is 1.30. The van der Waals surface area contributed by atoms with Crippen molar-refractivity contribution in [3.05, 3.63) is 53.7 Å². The second-order valence-electron chi connectivity index (χ2n) is 10.6. The third kappa shape index (κ3) is 8.05. The smallest absolute Gasteiger partial charge is 0.246 e. The molecule has 10 nitrogen and oxygen atoms in total. The van der Waals surface area contributed by atoms with Gasteiger partial charge in [-0.3, -0.25) is 9.59 Å². The maximum absolute atomic E-state index is 12.7. The summed E-state index contributed by atoms with van der Waals surface area (Å²) in [6.07, 6.45) is 8.73. The zero-order valence-corrected chi connectivity index (χ0v) is 23.4. The highest BCUT2D eigenvalue weighted by molar-refractivity contribution is 5.92. The maximum Gasteiger partial charge on any atom is 0.246 e. The Morgan fingerprint density at radius 1 is 1.15 bits per heavy atom. The molecule has 0 spiro atoms. The van der Waals surface area contributed by atoms with Crippen LogP contribution in [0.15, 0.2) is 42.6 Å². The van der Waals surface area contributed by atoms with Crippen LogP contribution in [0.3, 0.4) is 0 Å². The zero-order chi connectivity index (χ0) is 28.6. The maximum atomic E-state index is 12.7. The second-order valence-corrected chi connectivity index (χ2v) is 10.6. The molecule has 0 aliphatic heterocycles. The Labute approximate surface area is 235 Å². The van der Waals surface area contributed by atoms with Crippen molar-refractivity contribution in [1.82, 2.24) is 25.1 Å². The summed E-state index contributed by atoms with van der Waals surface area (Å²) in [6, 6.07) is 9.10. The topological polar surface area (TPSA) is 126 Å². The molecule has 1 atom stereocenters. The van der Waals surface area contributed by atoms with E-state index in [4.69, 9.17) is 5.26 Å². The summed E-state index contributed by atoms with van der Waals surface area (Å²) in [4.78, 5) is 37.5. The highest BCUT2D eigenvalue weighted by Gasteiger charge is 2.31. The Morgan fingerprint density at radius 2 is 1.88 bits per heavy atom. The van der Waals surface area contributed by atoms with Gasteiger partial charge in [-0.1, -0.05) is 17.9 Å². The van der Waals surface area contributed by atoms with Crippen molar-refractivity contribution in [1.29, 1.82) is 5.26 Å². The number of amides is 2. The van der Waals surface area contributed by atoms with Crippen molar-refractivity contribution in [2.24, 2.45) is 5.92 Å². The molecule has 4 rings (SSSR count). The number of likely N-dealkylation sites (N-methyl/N-ethyl adjacent to an activating group) is 2. The van der Waals surface area contributed by atoms with E-state index in [1.54, 1.807) is 38.4 Å². The van der Waals surface area contributed by atoms with Crippen LogP contribution in [0.1, 0.15) is 43.7 Å². The summed E-state index contributed by atoms with van der Waals surface area (Å²) in [5.74, 6) is 7.50. The van der Waals surface area contributed by atoms with Crippen LogP contribution in [0.2, 0.25) is 0 Å². The molecule has 0 unspecified atom stereocenters. The average molecular weight is 541 g/mol. The van der Waals surface area contributed by atoms with Gasteiger partial charge in [-0.2, -0.15) is 10.2 Å². The van der Waals surface area contributed by atoms with E-state index in [0.717, 1.165) is 36.9 Å². The van der Waals surface area contributed by atoms with Gasteiger partial charge in [-0.25, -0.2) is 4.98 Å². The van der Waals surface area contributed by atoms with Crippen molar-refractivity contribution < 1.29 is 9.59 Å². The number of nitrogens with zero attached hydrogens (tertiary/aromatic N) is 5. The largest absolute Gasteiger partial charge is 0.366 e. The molecule has 1 aromatic heterocycles. The number of aromatic nitrogens is 2. The van der Waals surface area contributed by atoms with E-state index in [1.165, 1.54) is 11.0 Å². The van der Waals surface area contributed by atoms with Crippen molar-refractivity contribution >= 4 is 29.3 Å². The fourth-order valence-electron chi connectivity index (χ4n) is 4.03. The highest BCUT2D eigenvalue weighted by atomic mass is 16.2. The van der Waals surface area contributed by atoms with Crippen LogP contribution in [-0.2, 0) is 9.59 Å². The number of hydrogen-bond donors (Lipinski definition) is 3. The van der Waals surface area contributed by atoms with Crippen LogP contribution >= 0.6 is 0 Å². The summed E-state index contributed by atoms with van der Waals surface area (Å²) in [7, 11) is 5.50. The summed E-state index contributed by atoms with van der Waals surface area (Å²) in [6.45, 7) is 2.39. The van der Waals surface area contributed by atoms with Crippen LogP contribution < -0.4 is 16.0 Å². The van der Waals surface area contributed by atoms with Gasteiger partial charge in [0.25, 0.3) is 0 Å². The third-order valence-corrected chi connectivity index (χ3v) is 6.91. The summed E-state index contributed by atoms with van der Waals surface area (Å²) >= 11 is 0. The molecule has 0 saturated heterocycles. The predicted octanol–water partition coefficient (Wildman–Crippen LogP) is 2.88. The molecule has 3 N–H and O–H groups in total. The van der Waals surface area contributed by atoms with E-state index >= 15 is 0 Å². The van der Waals surface area contributed by atoms with Crippen LogP contribution in [0.4, 0.5) is 17.5 Å². The molecule has 2 aliphatic carbocycles. The molecule has 10 heteroatoms. The van der Waals surface area contributed by atoms with Crippen molar-refractivity contribution in [3.63, 3.8) is 0 Å². The fourth-order valence-corrected chi connectivity index (χ4v) is 4.03. The number of anilines is 3. The van der Waals surface area contributed by atoms with Crippen molar-refractivity contribution in [3.8, 4) is 17.9 Å². The third-order valence-electron chi connectivity index (χ3n) is 6.91. The minimum Gasteiger partial charge on any atom is -0.366 e. The number of hydrogen-bond acceptors (Lipinski definition) is 8. The number of nitrogens with one attached hydrogen (secondary N) is 3. The zero-order valence-electron chi connectivity index (χ0n) is 23.4. The molecule has 0 bridgehead atoms. The van der Waals surface area contributed by atoms with Crippen LogP contribution in [0, 0.1) is 29.1 Å². The molecule has 1 heterocycles. The molecule has 208 valence electrons. The van der Waals surface area contributed by atoms with Gasteiger partial charge in [0, 0.05) is 43.4 Å². The number of carbonyl (C=O) groups excluding carboxylic acids is 2. The first-order valence-electron chi connectivity index (χ1n) is 13.5. The first kappa shape index (κ1) is 28.6. The minimum absolute atomic E-state index is 0.0429. The van der Waals surface area contributed by atoms with E-state index in [0.29, 0.717) is 29.9 Å². The lowest BCUT2D eigenvalue weighted by Gasteiger charge is -2.34. The van der Waals surface area contributed by atoms with E-state index in [-0.39, 0.29) is 23.8 Å². The SMILES string of the molecule is C[C@@H](C(=O)NC1CC(C#Cc2cnc(Nc3ccc(C#N)cc3)nc2NC2CC2)C1)N(C)C(=O)/C=C/CN(C)C. The molecule has 2 saturated carbocycles. The van der Waals surface area contributed by atoms with E-state index in [9.17, 15) is 9.59 Å². The van der Waals surface area contributed by atoms with Crippen molar-refractivity contribution in [2.75, 3.05) is 38.3 Å². The van der Waals surface area contributed by atoms with Gasteiger partial charge in [0.2, 0.25) is 17.8 Å². The lowest BCUT2D eigenvalue weighted by atomic mass is 9.80. The van der Waals surface area contributed by atoms with E-state index < -0.39 is 6.04 Å². The molecular weight excluding hydrogens is 504 g/mol. The average Bonchev–Trinajstić information content (AvgIpc) is 3.74. The number of nitriles is 1.